The van der Waals surface area contributed by atoms with Crippen LogP contribution in [-0.4, -0.2) is 29.9 Å². The number of amidine groups is 1. The molecule has 0 aliphatic carbocycles. The van der Waals surface area contributed by atoms with Gasteiger partial charge in [0.1, 0.15) is 0 Å². The molecule has 0 amide bonds. The van der Waals surface area contributed by atoms with Crippen LogP contribution in [0.3, 0.4) is 0 Å². The van der Waals surface area contributed by atoms with E-state index in [2.05, 4.69) is 45.5 Å². The third-order valence-electron chi connectivity index (χ3n) is 3.74. The van der Waals surface area contributed by atoms with E-state index in [0.717, 1.165) is 42.2 Å². The SMILES string of the molecule is Clc1ccccc1CCN1CN=C(SCc2ccccc2)NC1. The number of hydrogen-bond acceptors (Lipinski definition) is 4. The van der Waals surface area contributed by atoms with E-state index in [4.69, 9.17) is 11.6 Å². The Kier molecular flexibility index (Phi) is 5.97. The topological polar surface area (TPSA) is 27.6 Å². The number of rotatable bonds is 5. The molecule has 0 fully saturated rings. The maximum atomic E-state index is 6.20. The van der Waals surface area contributed by atoms with Gasteiger partial charge in [-0.05, 0) is 23.6 Å². The van der Waals surface area contributed by atoms with Crippen LogP contribution in [0, 0.1) is 0 Å². The molecule has 1 aliphatic heterocycles. The number of halogens is 1. The molecule has 2 aromatic rings. The van der Waals surface area contributed by atoms with Crippen LogP contribution in [0.4, 0.5) is 0 Å². The van der Waals surface area contributed by atoms with Gasteiger partial charge in [0.05, 0.1) is 13.3 Å². The second-order valence-electron chi connectivity index (χ2n) is 5.45. The zero-order valence-corrected chi connectivity index (χ0v) is 14.5. The van der Waals surface area contributed by atoms with Gasteiger partial charge in [-0.1, -0.05) is 71.9 Å². The largest absolute Gasteiger partial charge is 0.352 e. The first-order valence-corrected chi connectivity index (χ1v) is 9.08. The summed E-state index contributed by atoms with van der Waals surface area (Å²) >= 11 is 7.96. The summed E-state index contributed by atoms with van der Waals surface area (Å²) < 4.78 is 0. The molecule has 0 spiro atoms. The second-order valence-corrected chi connectivity index (χ2v) is 6.82. The molecule has 3 nitrogen and oxygen atoms in total. The van der Waals surface area contributed by atoms with Gasteiger partial charge < -0.3 is 5.32 Å². The number of nitrogens with one attached hydrogen (secondary N) is 1. The van der Waals surface area contributed by atoms with Gasteiger partial charge in [0.2, 0.25) is 0 Å². The van der Waals surface area contributed by atoms with Crippen molar-refractivity contribution in [2.45, 2.75) is 12.2 Å². The molecule has 0 saturated carbocycles. The van der Waals surface area contributed by atoms with Gasteiger partial charge in [-0.25, -0.2) is 4.99 Å². The van der Waals surface area contributed by atoms with Crippen molar-refractivity contribution in [3.63, 3.8) is 0 Å². The number of benzene rings is 2. The monoisotopic (exact) mass is 345 g/mol. The minimum Gasteiger partial charge on any atom is -0.352 e. The Labute approximate surface area is 146 Å². The van der Waals surface area contributed by atoms with Crippen LogP contribution >= 0.6 is 23.4 Å². The van der Waals surface area contributed by atoms with E-state index < -0.39 is 0 Å². The molecule has 0 bridgehead atoms. The fraction of sp³-hybridized carbons (Fsp3) is 0.278. The van der Waals surface area contributed by atoms with Gasteiger partial charge in [-0.2, -0.15) is 0 Å². The van der Waals surface area contributed by atoms with Crippen molar-refractivity contribution < 1.29 is 0 Å². The summed E-state index contributed by atoms with van der Waals surface area (Å²) in [6.07, 6.45) is 0.948. The Morgan fingerprint density at radius 2 is 1.87 bits per heavy atom. The molecule has 0 unspecified atom stereocenters. The molecule has 0 radical (unpaired) electrons. The first-order chi connectivity index (χ1) is 11.3. The number of nitrogens with zero attached hydrogens (tertiary/aromatic N) is 2. The minimum absolute atomic E-state index is 0.745. The fourth-order valence-electron chi connectivity index (χ4n) is 2.40. The fourth-order valence-corrected chi connectivity index (χ4v) is 3.44. The lowest BCUT2D eigenvalue weighted by Gasteiger charge is -2.26. The molecule has 0 atom stereocenters. The molecule has 1 aliphatic rings. The van der Waals surface area contributed by atoms with Gasteiger partial charge in [-0.3, -0.25) is 4.90 Å². The Balaban J connectivity index is 1.44. The summed E-state index contributed by atoms with van der Waals surface area (Å²) in [6.45, 7) is 2.54. The van der Waals surface area contributed by atoms with E-state index in [0.29, 0.717) is 0 Å². The molecule has 5 heteroatoms. The first kappa shape index (κ1) is 16.4. The molecule has 3 rings (SSSR count). The van der Waals surface area contributed by atoms with Crippen molar-refractivity contribution >= 4 is 28.5 Å². The third kappa shape index (κ3) is 4.99. The lowest BCUT2D eigenvalue weighted by Crippen LogP contribution is -2.42. The highest BCUT2D eigenvalue weighted by Gasteiger charge is 2.12. The minimum atomic E-state index is 0.745. The summed E-state index contributed by atoms with van der Waals surface area (Å²) in [5.41, 5.74) is 2.52. The highest BCUT2D eigenvalue weighted by Crippen LogP contribution is 2.17. The molecule has 0 aromatic heterocycles. The van der Waals surface area contributed by atoms with E-state index in [9.17, 15) is 0 Å². The molecule has 1 N–H and O–H groups in total. The normalized spacial score (nSPS) is 15.1. The van der Waals surface area contributed by atoms with Crippen LogP contribution in [0.15, 0.2) is 59.6 Å². The zero-order valence-electron chi connectivity index (χ0n) is 12.9. The van der Waals surface area contributed by atoms with Crippen molar-refractivity contribution in [3.8, 4) is 0 Å². The quantitative estimate of drug-likeness (QED) is 0.887. The molecular weight excluding hydrogens is 326 g/mol. The smallest absolute Gasteiger partial charge is 0.159 e. The van der Waals surface area contributed by atoms with Gasteiger partial charge in [0.25, 0.3) is 0 Å². The van der Waals surface area contributed by atoms with Crippen molar-refractivity contribution in [1.82, 2.24) is 10.2 Å². The predicted octanol–water partition coefficient (Wildman–Crippen LogP) is 3.99. The molecule has 0 saturated heterocycles. The number of hydrogen-bond donors (Lipinski definition) is 1. The van der Waals surface area contributed by atoms with E-state index in [1.807, 2.05) is 24.3 Å². The number of aliphatic imine (C=N–C) groups is 1. The van der Waals surface area contributed by atoms with E-state index in [-0.39, 0.29) is 0 Å². The van der Waals surface area contributed by atoms with E-state index in [1.54, 1.807) is 11.8 Å². The Morgan fingerprint density at radius 3 is 2.61 bits per heavy atom. The molecule has 23 heavy (non-hydrogen) atoms. The van der Waals surface area contributed by atoms with Crippen LogP contribution in [0.25, 0.3) is 0 Å². The Morgan fingerprint density at radius 1 is 1.09 bits per heavy atom. The van der Waals surface area contributed by atoms with E-state index >= 15 is 0 Å². The van der Waals surface area contributed by atoms with Gasteiger partial charge in [0.15, 0.2) is 5.17 Å². The van der Waals surface area contributed by atoms with E-state index in [1.165, 1.54) is 11.1 Å². The standard InChI is InChI=1S/C18H20ClN3S/c19-17-9-5-4-8-16(17)10-11-22-13-20-18(21-14-22)23-12-15-6-2-1-3-7-15/h1-9H,10-14H2,(H,20,21). The van der Waals surface area contributed by atoms with Crippen LogP contribution in [0.1, 0.15) is 11.1 Å². The summed E-state index contributed by atoms with van der Waals surface area (Å²) in [5, 5.41) is 5.27. The average molecular weight is 346 g/mol. The molecule has 2 aromatic carbocycles. The highest BCUT2D eigenvalue weighted by atomic mass is 35.5. The van der Waals surface area contributed by atoms with Crippen LogP contribution in [0.2, 0.25) is 5.02 Å². The van der Waals surface area contributed by atoms with Crippen molar-refractivity contribution in [2.24, 2.45) is 4.99 Å². The lowest BCUT2D eigenvalue weighted by atomic mass is 10.1. The maximum Gasteiger partial charge on any atom is 0.159 e. The molecule has 120 valence electrons. The zero-order chi connectivity index (χ0) is 15.9. The Hall–Kier alpha value is -1.49. The molecular formula is C18H20ClN3S. The van der Waals surface area contributed by atoms with Gasteiger partial charge >= 0.3 is 0 Å². The average Bonchev–Trinajstić information content (AvgIpc) is 2.61. The Bertz CT molecular complexity index is 660. The van der Waals surface area contributed by atoms with Crippen LogP contribution in [0.5, 0.6) is 0 Å². The van der Waals surface area contributed by atoms with Crippen LogP contribution < -0.4 is 5.32 Å². The third-order valence-corrected chi connectivity index (χ3v) is 5.14. The van der Waals surface area contributed by atoms with Crippen molar-refractivity contribution in [1.29, 1.82) is 0 Å². The lowest BCUT2D eigenvalue weighted by molar-refractivity contribution is 0.270. The second kappa shape index (κ2) is 8.39. The van der Waals surface area contributed by atoms with Gasteiger partial charge in [0, 0.05) is 17.3 Å². The number of thioether (sulfide) groups is 1. The van der Waals surface area contributed by atoms with Crippen molar-refractivity contribution in [3.05, 3.63) is 70.7 Å². The summed E-state index contributed by atoms with van der Waals surface area (Å²) in [7, 11) is 0. The highest BCUT2D eigenvalue weighted by molar-refractivity contribution is 8.13. The van der Waals surface area contributed by atoms with Gasteiger partial charge in [-0.15, -0.1) is 0 Å². The van der Waals surface area contributed by atoms with Crippen LogP contribution in [-0.2, 0) is 12.2 Å². The maximum absolute atomic E-state index is 6.20. The summed E-state index contributed by atoms with van der Waals surface area (Å²) in [6, 6.07) is 18.5. The molecule has 1 heterocycles. The van der Waals surface area contributed by atoms with Crippen molar-refractivity contribution in [2.75, 3.05) is 19.9 Å². The first-order valence-electron chi connectivity index (χ1n) is 7.72. The summed E-state index contributed by atoms with van der Waals surface area (Å²) in [4.78, 5) is 6.91. The summed E-state index contributed by atoms with van der Waals surface area (Å²) in [5.74, 6) is 0.951. The predicted molar refractivity (Wildman–Crippen MR) is 99.9 cm³/mol.